The van der Waals surface area contributed by atoms with Crippen molar-refractivity contribution in [1.82, 2.24) is 15.5 Å². The number of anilines is 2. The van der Waals surface area contributed by atoms with Crippen molar-refractivity contribution in [3.63, 3.8) is 0 Å². The summed E-state index contributed by atoms with van der Waals surface area (Å²) in [7, 11) is 0. The maximum atomic E-state index is 5.53. The number of aromatic nitrogens is 2. The minimum absolute atomic E-state index is 0.363. The zero-order valence-electron chi connectivity index (χ0n) is 10.7. The molecule has 0 radical (unpaired) electrons. The summed E-state index contributed by atoms with van der Waals surface area (Å²) < 4.78 is 8.28. The van der Waals surface area contributed by atoms with Gasteiger partial charge in [-0.25, -0.2) is 0 Å². The minimum Gasteiger partial charge on any atom is -0.406 e. The van der Waals surface area contributed by atoms with Crippen LogP contribution in [0.25, 0.3) is 0 Å². The van der Waals surface area contributed by atoms with Gasteiger partial charge in [-0.2, -0.15) is 0 Å². The van der Waals surface area contributed by atoms with E-state index in [4.69, 9.17) is 4.42 Å². The van der Waals surface area contributed by atoms with Gasteiger partial charge in [0.25, 0.3) is 0 Å². The Morgan fingerprint density at radius 2 is 1.85 bits per heavy atom. The molecular formula is C12H13Br3N4O. The largest absolute Gasteiger partial charge is 0.406 e. The maximum absolute atomic E-state index is 5.53. The van der Waals surface area contributed by atoms with E-state index in [2.05, 4.69) is 75.5 Å². The van der Waals surface area contributed by atoms with Crippen molar-refractivity contribution in [2.24, 2.45) is 0 Å². The molecule has 0 fully saturated rings. The van der Waals surface area contributed by atoms with Crippen LogP contribution in [0.15, 0.2) is 30.0 Å². The van der Waals surface area contributed by atoms with E-state index in [0.717, 1.165) is 32.1 Å². The number of rotatable bonds is 6. The highest BCUT2D eigenvalue weighted by atomic mass is 79.9. The van der Waals surface area contributed by atoms with Gasteiger partial charge in [0.2, 0.25) is 5.89 Å². The Hall–Kier alpha value is -0.440. The van der Waals surface area contributed by atoms with Crippen LogP contribution in [0.5, 0.6) is 0 Å². The summed E-state index contributed by atoms with van der Waals surface area (Å²) in [6.45, 7) is 3.61. The average Bonchev–Trinajstić information content (AvgIpc) is 2.82. The Morgan fingerprint density at radius 3 is 2.50 bits per heavy atom. The van der Waals surface area contributed by atoms with E-state index in [-0.39, 0.29) is 0 Å². The summed E-state index contributed by atoms with van der Waals surface area (Å²) in [4.78, 5) is 0. The summed E-state index contributed by atoms with van der Waals surface area (Å²) in [5.74, 6) is 0.560. The van der Waals surface area contributed by atoms with Crippen molar-refractivity contribution in [3.05, 3.63) is 31.4 Å². The van der Waals surface area contributed by atoms with E-state index in [0.29, 0.717) is 18.5 Å². The fraction of sp³-hybridized carbons (Fsp3) is 0.333. The maximum Gasteiger partial charge on any atom is 0.320 e. The summed E-state index contributed by atoms with van der Waals surface area (Å²) in [5.41, 5.74) is 0.838. The molecule has 0 aliphatic rings. The third kappa shape index (κ3) is 4.28. The summed E-state index contributed by atoms with van der Waals surface area (Å²) >= 11 is 10.4. The van der Waals surface area contributed by atoms with Gasteiger partial charge < -0.3 is 15.1 Å². The zero-order chi connectivity index (χ0) is 14.5. The Bertz CT molecular complexity index is 565. The molecule has 0 aliphatic carbocycles. The number of benzene rings is 1. The van der Waals surface area contributed by atoms with Crippen molar-refractivity contribution >= 4 is 59.5 Å². The van der Waals surface area contributed by atoms with Crippen molar-refractivity contribution in [3.8, 4) is 0 Å². The van der Waals surface area contributed by atoms with Gasteiger partial charge in [-0.3, -0.25) is 0 Å². The second-order valence-corrected chi connectivity index (χ2v) is 6.67. The van der Waals surface area contributed by atoms with Crippen LogP contribution in [0, 0.1) is 0 Å². The lowest BCUT2D eigenvalue weighted by molar-refractivity contribution is 0.479. The second-order valence-electron chi connectivity index (χ2n) is 4.05. The molecule has 1 aromatic heterocycles. The number of nitrogens with one attached hydrogen (secondary N) is 2. The molecule has 0 amide bonds. The SMILES string of the molecule is CCCNCc1nnc(Nc2c(Br)cc(Br)cc2Br)o1. The molecule has 0 aliphatic heterocycles. The van der Waals surface area contributed by atoms with Crippen LogP contribution in [0.3, 0.4) is 0 Å². The number of halogens is 3. The quantitative estimate of drug-likeness (QED) is 0.607. The normalized spacial score (nSPS) is 10.8. The lowest BCUT2D eigenvalue weighted by Crippen LogP contribution is -2.13. The summed E-state index contributed by atoms with van der Waals surface area (Å²) in [5, 5.41) is 14.3. The molecule has 0 unspecified atom stereocenters. The average molecular weight is 469 g/mol. The van der Waals surface area contributed by atoms with Crippen LogP contribution in [-0.4, -0.2) is 16.7 Å². The predicted octanol–water partition coefficient (Wildman–Crippen LogP) is 4.60. The van der Waals surface area contributed by atoms with Crippen molar-refractivity contribution < 1.29 is 4.42 Å². The first kappa shape index (κ1) is 15.9. The molecule has 2 N–H and O–H groups in total. The third-order valence-electron chi connectivity index (χ3n) is 2.41. The van der Waals surface area contributed by atoms with E-state index in [1.165, 1.54) is 0 Å². The zero-order valence-corrected chi connectivity index (χ0v) is 15.5. The Morgan fingerprint density at radius 1 is 1.15 bits per heavy atom. The van der Waals surface area contributed by atoms with Gasteiger partial charge in [-0.05, 0) is 57.0 Å². The lowest BCUT2D eigenvalue weighted by Gasteiger charge is -2.07. The molecule has 0 saturated heterocycles. The van der Waals surface area contributed by atoms with Gasteiger partial charge in [0.05, 0.1) is 12.2 Å². The van der Waals surface area contributed by atoms with Gasteiger partial charge in [0.1, 0.15) is 0 Å². The Balaban J connectivity index is 2.07. The van der Waals surface area contributed by atoms with Crippen LogP contribution in [-0.2, 0) is 6.54 Å². The highest BCUT2D eigenvalue weighted by molar-refractivity contribution is 9.11. The standard InChI is InChI=1S/C12H13Br3N4O/c1-2-3-16-6-10-18-19-12(20-10)17-11-8(14)4-7(13)5-9(11)15/h4-5,16H,2-3,6H2,1H3,(H,17,19). The smallest absolute Gasteiger partial charge is 0.320 e. The highest BCUT2D eigenvalue weighted by Crippen LogP contribution is 2.35. The van der Waals surface area contributed by atoms with E-state index < -0.39 is 0 Å². The molecule has 1 aromatic carbocycles. The Kier molecular flexibility index (Phi) is 6.01. The summed E-state index contributed by atoms with van der Waals surface area (Å²) in [6.07, 6.45) is 1.07. The lowest BCUT2D eigenvalue weighted by atomic mass is 10.3. The van der Waals surface area contributed by atoms with E-state index in [9.17, 15) is 0 Å². The molecule has 0 bridgehead atoms. The molecule has 108 valence electrons. The van der Waals surface area contributed by atoms with Crippen LogP contribution < -0.4 is 10.6 Å². The third-order valence-corrected chi connectivity index (χ3v) is 4.12. The predicted molar refractivity (Wildman–Crippen MR) is 89.1 cm³/mol. The molecule has 2 aromatic rings. The van der Waals surface area contributed by atoms with Gasteiger partial charge in [-0.15, -0.1) is 5.10 Å². The monoisotopic (exact) mass is 466 g/mol. The molecule has 1 heterocycles. The van der Waals surface area contributed by atoms with Crippen molar-refractivity contribution in [2.75, 3.05) is 11.9 Å². The molecular weight excluding hydrogens is 456 g/mol. The molecule has 8 heteroatoms. The van der Waals surface area contributed by atoms with Gasteiger partial charge in [0.15, 0.2) is 0 Å². The number of hydrogen-bond acceptors (Lipinski definition) is 5. The number of nitrogens with zero attached hydrogens (tertiary/aromatic N) is 2. The van der Waals surface area contributed by atoms with Crippen LogP contribution in [0.4, 0.5) is 11.7 Å². The van der Waals surface area contributed by atoms with E-state index in [1.807, 2.05) is 12.1 Å². The fourth-order valence-electron chi connectivity index (χ4n) is 1.52. The van der Waals surface area contributed by atoms with Gasteiger partial charge in [-0.1, -0.05) is 28.0 Å². The van der Waals surface area contributed by atoms with Crippen LogP contribution in [0.2, 0.25) is 0 Å². The Labute approximate surface area is 142 Å². The van der Waals surface area contributed by atoms with Crippen LogP contribution >= 0.6 is 47.8 Å². The molecule has 0 spiro atoms. The highest BCUT2D eigenvalue weighted by Gasteiger charge is 2.11. The first-order valence-corrected chi connectivity index (χ1v) is 8.42. The van der Waals surface area contributed by atoms with Gasteiger partial charge in [0, 0.05) is 13.4 Å². The molecule has 0 saturated carbocycles. The number of hydrogen-bond donors (Lipinski definition) is 2. The fourth-order valence-corrected chi connectivity index (χ4v) is 3.97. The second kappa shape index (κ2) is 7.53. The minimum atomic E-state index is 0.363. The first-order chi connectivity index (χ1) is 9.60. The van der Waals surface area contributed by atoms with Gasteiger partial charge >= 0.3 is 6.01 Å². The van der Waals surface area contributed by atoms with E-state index in [1.54, 1.807) is 0 Å². The topological polar surface area (TPSA) is 63.0 Å². The van der Waals surface area contributed by atoms with E-state index >= 15 is 0 Å². The molecule has 0 atom stereocenters. The van der Waals surface area contributed by atoms with Crippen molar-refractivity contribution in [2.45, 2.75) is 19.9 Å². The van der Waals surface area contributed by atoms with Crippen molar-refractivity contribution in [1.29, 1.82) is 0 Å². The molecule has 2 rings (SSSR count). The summed E-state index contributed by atoms with van der Waals surface area (Å²) in [6, 6.07) is 4.24. The molecule has 20 heavy (non-hydrogen) atoms. The molecule has 5 nitrogen and oxygen atoms in total. The first-order valence-electron chi connectivity index (χ1n) is 6.04. The van der Waals surface area contributed by atoms with Crippen LogP contribution in [0.1, 0.15) is 19.2 Å².